The summed E-state index contributed by atoms with van der Waals surface area (Å²) in [4.78, 5) is 0. The van der Waals surface area contributed by atoms with Crippen LogP contribution in [-0.2, 0) is 32.7 Å². The standard InChI is InChI=1S/C6H4N3.C6H5.Y/c1-2-4-6-5(3-1)7-9-8-6;1-2-4-6-5-3-1;/h1,3-4H,(H,7,8,9);1-5H;/q2*-1;. The second kappa shape index (κ2) is 7.26. The third kappa shape index (κ3) is 3.83. The largest absolute Gasteiger partial charge is 0.283 e. The fourth-order valence-electron chi connectivity index (χ4n) is 1.07. The van der Waals surface area contributed by atoms with Crippen LogP contribution in [-0.4, -0.2) is 15.4 Å². The first-order valence-electron chi connectivity index (χ1n) is 4.55. The molecule has 0 amide bonds. The van der Waals surface area contributed by atoms with E-state index < -0.39 is 0 Å². The predicted octanol–water partition coefficient (Wildman–Crippen LogP) is 2.24. The molecule has 77 valence electrons. The van der Waals surface area contributed by atoms with E-state index in [1.165, 1.54) is 0 Å². The van der Waals surface area contributed by atoms with E-state index in [-0.39, 0.29) is 32.7 Å². The molecule has 3 nitrogen and oxygen atoms in total. The molecule has 0 fully saturated rings. The monoisotopic (exact) mass is 284 g/mol. The minimum absolute atomic E-state index is 0. The van der Waals surface area contributed by atoms with Crippen molar-refractivity contribution in [3.8, 4) is 0 Å². The van der Waals surface area contributed by atoms with Crippen LogP contribution in [0, 0.1) is 12.1 Å². The number of aromatic amines is 1. The Balaban J connectivity index is 0.000000162. The summed E-state index contributed by atoms with van der Waals surface area (Å²) in [6.07, 6.45) is 0. The summed E-state index contributed by atoms with van der Waals surface area (Å²) >= 11 is 0. The van der Waals surface area contributed by atoms with E-state index in [9.17, 15) is 0 Å². The van der Waals surface area contributed by atoms with Gasteiger partial charge in [0, 0.05) is 38.2 Å². The summed E-state index contributed by atoms with van der Waals surface area (Å²) in [5.74, 6) is 0. The van der Waals surface area contributed by atoms with Gasteiger partial charge in [-0.3, -0.25) is 5.10 Å². The smallest absolute Gasteiger partial charge is 0.00107 e. The maximum absolute atomic E-state index is 3.78. The second-order valence-corrected chi connectivity index (χ2v) is 2.83. The zero-order chi connectivity index (χ0) is 10.3. The van der Waals surface area contributed by atoms with Gasteiger partial charge in [0.1, 0.15) is 0 Å². The third-order valence-corrected chi connectivity index (χ3v) is 1.78. The van der Waals surface area contributed by atoms with Gasteiger partial charge in [-0.1, -0.05) is 5.21 Å². The Labute approximate surface area is 119 Å². The number of H-pyrrole nitrogens is 1. The fourth-order valence-corrected chi connectivity index (χ4v) is 1.07. The number of nitrogens with one attached hydrogen (secondary N) is 1. The van der Waals surface area contributed by atoms with Gasteiger partial charge in [0.15, 0.2) is 0 Å². The zero-order valence-corrected chi connectivity index (χ0v) is 11.4. The molecule has 1 aromatic heterocycles. The van der Waals surface area contributed by atoms with Gasteiger partial charge in [-0.25, -0.2) is 0 Å². The summed E-state index contributed by atoms with van der Waals surface area (Å²) in [5.41, 5.74) is 1.81. The number of aromatic nitrogens is 3. The molecule has 4 heteroatoms. The van der Waals surface area contributed by atoms with Crippen molar-refractivity contribution in [3.05, 3.63) is 60.7 Å². The molecule has 3 aromatic rings. The first kappa shape index (κ1) is 13.0. The number of hydrogen-bond acceptors (Lipinski definition) is 2. The minimum atomic E-state index is 0. The Kier molecular flexibility index (Phi) is 5.90. The Hall–Kier alpha value is -1.06. The summed E-state index contributed by atoms with van der Waals surface area (Å²) in [5, 5.41) is 10.1. The number of hydrogen-bond donors (Lipinski definition) is 1. The molecule has 3 rings (SSSR count). The van der Waals surface area contributed by atoms with Crippen molar-refractivity contribution in [3.63, 3.8) is 0 Å². The van der Waals surface area contributed by atoms with Crippen LogP contribution in [0.5, 0.6) is 0 Å². The van der Waals surface area contributed by atoms with Gasteiger partial charge in [-0.2, -0.15) is 53.6 Å². The van der Waals surface area contributed by atoms with Crippen molar-refractivity contribution in [2.45, 2.75) is 0 Å². The maximum atomic E-state index is 3.78. The number of nitrogens with zero attached hydrogens (tertiary/aromatic N) is 2. The molecule has 2 aromatic carbocycles. The molecule has 0 spiro atoms. The molecule has 0 unspecified atom stereocenters. The van der Waals surface area contributed by atoms with Crippen LogP contribution < -0.4 is 0 Å². The van der Waals surface area contributed by atoms with E-state index in [0.29, 0.717) is 0 Å². The summed E-state index contributed by atoms with van der Waals surface area (Å²) in [6, 6.07) is 20.9. The Bertz CT molecular complexity index is 451. The number of rotatable bonds is 0. The van der Waals surface area contributed by atoms with Crippen molar-refractivity contribution in [1.29, 1.82) is 0 Å². The summed E-state index contributed by atoms with van der Waals surface area (Å²) in [6.45, 7) is 0. The first-order valence-corrected chi connectivity index (χ1v) is 4.55. The summed E-state index contributed by atoms with van der Waals surface area (Å²) < 4.78 is 0. The Morgan fingerprint density at radius 3 is 2.38 bits per heavy atom. The van der Waals surface area contributed by atoms with Crippen molar-refractivity contribution < 1.29 is 32.7 Å². The Morgan fingerprint density at radius 2 is 1.81 bits per heavy atom. The van der Waals surface area contributed by atoms with E-state index in [4.69, 9.17) is 0 Å². The van der Waals surface area contributed by atoms with Crippen LogP contribution in [0.3, 0.4) is 0 Å². The van der Waals surface area contributed by atoms with E-state index in [0.717, 1.165) is 11.0 Å². The molecule has 1 heterocycles. The number of benzene rings is 2. The topological polar surface area (TPSA) is 41.6 Å². The average molecular weight is 284 g/mol. The second-order valence-electron chi connectivity index (χ2n) is 2.83. The normalized spacial score (nSPS) is 8.75. The van der Waals surface area contributed by atoms with Gasteiger partial charge in [0.25, 0.3) is 0 Å². The van der Waals surface area contributed by atoms with Crippen molar-refractivity contribution in [2.75, 3.05) is 0 Å². The quantitative estimate of drug-likeness (QED) is 0.643. The van der Waals surface area contributed by atoms with Gasteiger partial charge in [-0.15, -0.1) is 12.1 Å². The molecule has 0 saturated carbocycles. The molecule has 0 atom stereocenters. The van der Waals surface area contributed by atoms with Crippen LogP contribution in [0.25, 0.3) is 11.0 Å². The Morgan fingerprint density at radius 1 is 1.00 bits per heavy atom. The van der Waals surface area contributed by atoms with E-state index >= 15 is 0 Å². The van der Waals surface area contributed by atoms with Crippen molar-refractivity contribution >= 4 is 11.0 Å². The van der Waals surface area contributed by atoms with E-state index in [2.05, 4.69) is 27.5 Å². The third-order valence-electron chi connectivity index (χ3n) is 1.78. The molecule has 0 aliphatic rings. The van der Waals surface area contributed by atoms with Gasteiger partial charge in [-0.05, 0) is 5.52 Å². The molecule has 0 bridgehead atoms. The van der Waals surface area contributed by atoms with Gasteiger partial charge in [0.2, 0.25) is 0 Å². The van der Waals surface area contributed by atoms with Gasteiger partial charge < -0.3 is 0 Å². The van der Waals surface area contributed by atoms with Crippen LogP contribution in [0.15, 0.2) is 48.5 Å². The molecular formula is C12H9N3Y-2. The van der Waals surface area contributed by atoms with Gasteiger partial charge >= 0.3 is 0 Å². The first-order chi connectivity index (χ1) is 7.47. The minimum Gasteiger partial charge on any atom is -0.283 e. The maximum Gasteiger partial charge on any atom is 0.00107 e. The molecule has 1 N–H and O–H groups in total. The van der Waals surface area contributed by atoms with Crippen molar-refractivity contribution in [2.24, 2.45) is 0 Å². The van der Waals surface area contributed by atoms with Crippen LogP contribution in [0.1, 0.15) is 0 Å². The van der Waals surface area contributed by atoms with Gasteiger partial charge in [0.05, 0.1) is 0 Å². The van der Waals surface area contributed by atoms with E-state index in [1.54, 1.807) is 6.07 Å². The fraction of sp³-hybridized carbons (Fsp3) is 0. The average Bonchev–Trinajstić information content (AvgIpc) is 2.80. The van der Waals surface area contributed by atoms with E-state index in [1.807, 2.05) is 42.5 Å². The summed E-state index contributed by atoms with van der Waals surface area (Å²) in [7, 11) is 0. The van der Waals surface area contributed by atoms with Crippen molar-refractivity contribution in [1.82, 2.24) is 15.4 Å². The molecule has 16 heavy (non-hydrogen) atoms. The van der Waals surface area contributed by atoms with Crippen LogP contribution in [0.4, 0.5) is 0 Å². The molecular weight excluding hydrogens is 275 g/mol. The van der Waals surface area contributed by atoms with Crippen LogP contribution >= 0.6 is 0 Å². The predicted molar refractivity (Wildman–Crippen MR) is 58.0 cm³/mol. The molecule has 1 radical (unpaired) electrons. The zero-order valence-electron chi connectivity index (χ0n) is 8.59. The molecule has 0 aliphatic carbocycles. The molecule has 0 aliphatic heterocycles. The SMILES string of the molecule is [Y].[c-]1ccc2[nH]nnc2c1.[c-]1ccccc1. The number of fused-ring (bicyclic) bond motifs is 1. The molecule has 0 saturated heterocycles. The van der Waals surface area contributed by atoms with Crippen LogP contribution in [0.2, 0.25) is 0 Å².